The summed E-state index contributed by atoms with van der Waals surface area (Å²) in [4.78, 5) is 0.273. The molecule has 1 aromatic rings. The van der Waals surface area contributed by atoms with Crippen molar-refractivity contribution in [3.63, 3.8) is 0 Å². The third-order valence-electron chi connectivity index (χ3n) is 3.26. The van der Waals surface area contributed by atoms with Crippen LogP contribution in [0.2, 0.25) is 0 Å². The van der Waals surface area contributed by atoms with E-state index in [1.54, 1.807) is 24.3 Å². The van der Waals surface area contributed by atoms with Gasteiger partial charge in [0.25, 0.3) is 0 Å². The lowest BCUT2D eigenvalue weighted by atomic mass is 9.86. The summed E-state index contributed by atoms with van der Waals surface area (Å²) in [6.07, 6.45) is 1.24. The molecular formula is C16H25NO3S. The van der Waals surface area contributed by atoms with Crippen molar-refractivity contribution in [2.24, 2.45) is 5.41 Å². The van der Waals surface area contributed by atoms with Crippen LogP contribution in [-0.2, 0) is 10.0 Å². The molecule has 5 heteroatoms. The van der Waals surface area contributed by atoms with Crippen molar-refractivity contribution in [1.82, 2.24) is 4.72 Å². The summed E-state index contributed by atoms with van der Waals surface area (Å²) in [5.41, 5.74) is 1.74. The van der Waals surface area contributed by atoms with Gasteiger partial charge in [-0.05, 0) is 37.3 Å². The Morgan fingerprint density at radius 2 is 1.86 bits per heavy atom. The van der Waals surface area contributed by atoms with Gasteiger partial charge in [0, 0.05) is 13.2 Å². The van der Waals surface area contributed by atoms with Crippen molar-refractivity contribution in [2.75, 3.05) is 13.2 Å². The summed E-state index contributed by atoms with van der Waals surface area (Å²) >= 11 is 0. The number of nitrogens with one attached hydrogen (secondary N) is 1. The predicted molar refractivity (Wildman–Crippen MR) is 85.6 cm³/mol. The van der Waals surface area contributed by atoms with Gasteiger partial charge in [-0.25, -0.2) is 13.1 Å². The topological polar surface area (TPSA) is 66.4 Å². The number of aliphatic hydroxyl groups excluding tert-OH is 1. The van der Waals surface area contributed by atoms with Crippen LogP contribution in [0.3, 0.4) is 0 Å². The van der Waals surface area contributed by atoms with Crippen molar-refractivity contribution in [3.05, 3.63) is 42.0 Å². The van der Waals surface area contributed by atoms with Gasteiger partial charge in [-0.2, -0.15) is 0 Å². The average Bonchev–Trinajstić information content (AvgIpc) is 2.38. The van der Waals surface area contributed by atoms with Crippen LogP contribution in [0.15, 0.2) is 41.3 Å². The van der Waals surface area contributed by atoms with Crippen LogP contribution in [0, 0.1) is 12.3 Å². The van der Waals surface area contributed by atoms with E-state index < -0.39 is 10.0 Å². The van der Waals surface area contributed by atoms with E-state index in [2.05, 4.69) is 11.3 Å². The van der Waals surface area contributed by atoms with E-state index in [4.69, 9.17) is 0 Å². The average molecular weight is 311 g/mol. The smallest absolute Gasteiger partial charge is 0.240 e. The monoisotopic (exact) mass is 311 g/mol. The second kappa shape index (κ2) is 7.20. The van der Waals surface area contributed by atoms with E-state index in [-0.39, 0.29) is 16.9 Å². The zero-order chi connectivity index (χ0) is 16.1. The van der Waals surface area contributed by atoms with Gasteiger partial charge in [0.15, 0.2) is 0 Å². The molecule has 0 spiro atoms. The summed E-state index contributed by atoms with van der Waals surface area (Å²) in [6, 6.07) is 6.75. The summed E-state index contributed by atoms with van der Waals surface area (Å²) in [5, 5.41) is 9.22. The Labute approximate surface area is 127 Å². The van der Waals surface area contributed by atoms with Gasteiger partial charge in [-0.15, -0.1) is 0 Å². The van der Waals surface area contributed by atoms with Crippen molar-refractivity contribution in [2.45, 2.75) is 38.5 Å². The van der Waals surface area contributed by atoms with E-state index in [1.807, 2.05) is 20.8 Å². The molecule has 0 unspecified atom stereocenters. The van der Waals surface area contributed by atoms with E-state index in [1.165, 1.54) is 0 Å². The number of rotatable bonds is 8. The van der Waals surface area contributed by atoms with Crippen molar-refractivity contribution in [3.8, 4) is 0 Å². The largest absolute Gasteiger partial charge is 0.396 e. The number of aliphatic hydroxyl groups is 1. The van der Waals surface area contributed by atoms with E-state index in [0.717, 1.165) is 11.1 Å². The van der Waals surface area contributed by atoms with Gasteiger partial charge in [0.2, 0.25) is 10.0 Å². The third kappa shape index (κ3) is 5.99. The van der Waals surface area contributed by atoms with Crippen LogP contribution in [0.25, 0.3) is 0 Å². The molecule has 0 aliphatic rings. The molecule has 0 aromatic heterocycles. The fraction of sp³-hybridized carbons (Fsp3) is 0.500. The minimum atomic E-state index is -3.46. The third-order valence-corrected chi connectivity index (χ3v) is 4.74. The summed E-state index contributed by atoms with van der Waals surface area (Å²) in [5.74, 6) is 0. The number of aryl methyl sites for hydroxylation is 1. The lowest BCUT2D eigenvalue weighted by molar-refractivity contribution is 0.159. The Kier molecular flexibility index (Phi) is 6.13. The van der Waals surface area contributed by atoms with Gasteiger partial charge >= 0.3 is 0 Å². The van der Waals surface area contributed by atoms with Crippen LogP contribution >= 0.6 is 0 Å². The second-order valence-electron chi connectivity index (χ2n) is 6.21. The highest BCUT2D eigenvalue weighted by molar-refractivity contribution is 7.89. The number of benzene rings is 1. The first-order valence-corrected chi connectivity index (χ1v) is 8.48. The summed E-state index contributed by atoms with van der Waals surface area (Å²) < 4.78 is 26.7. The Morgan fingerprint density at radius 3 is 2.38 bits per heavy atom. The standard InChI is InChI=1S/C16H25NO3S/c1-13-5-7-15(8-6-13)21(19,20)17-10-9-14(2)11-16(3,4)12-18/h5-8,17-18H,2,9-12H2,1,3-4H3. The molecule has 0 aliphatic carbocycles. The van der Waals surface area contributed by atoms with Crippen LogP contribution in [0.5, 0.6) is 0 Å². The molecule has 118 valence electrons. The molecule has 0 saturated carbocycles. The maximum Gasteiger partial charge on any atom is 0.240 e. The van der Waals surface area contributed by atoms with Gasteiger partial charge in [-0.1, -0.05) is 43.7 Å². The molecule has 0 saturated heterocycles. The van der Waals surface area contributed by atoms with Crippen LogP contribution in [-0.4, -0.2) is 26.7 Å². The fourth-order valence-corrected chi connectivity index (χ4v) is 3.02. The van der Waals surface area contributed by atoms with E-state index >= 15 is 0 Å². The Morgan fingerprint density at radius 1 is 1.29 bits per heavy atom. The lowest BCUT2D eigenvalue weighted by Gasteiger charge is -2.22. The normalized spacial score (nSPS) is 12.4. The number of hydrogen-bond acceptors (Lipinski definition) is 3. The molecular weight excluding hydrogens is 286 g/mol. The Balaban J connectivity index is 2.51. The fourth-order valence-electron chi connectivity index (χ4n) is 1.98. The van der Waals surface area contributed by atoms with Crippen molar-refractivity contribution < 1.29 is 13.5 Å². The van der Waals surface area contributed by atoms with Gasteiger partial charge in [0.1, 0.15) is 0 Å². The second-order valence-corrected chi connectivity index (χ2v) is 7.98. The highest BCUT2D eigenvalue weighted by Gasteiger charge is 2.18. The minimum Gasteiger partial charge on any atom is -0.396 e. The molecule has 21 heavy (non-hydrogen) atoms. The van der Waals surface area contributed by atoms with Crippen LogP contribution < -0.4 is 4.72 Å². The molecule has 0 heterocycles. The molecule has 4 nitrogen and oxygen atoms in total. The maximum absolute atomic E-state index is 12.1. The molecule has 0 amide bonds. The Bertz CT molecular complexity index is 574. The summed E-state index contributed by atoms with van der Waals surface area (Å²) in [6.45, 7) is 10.2. The van der Waals surface area contributed by atoms with Crippen LogP contribution in [0.1, 0.15) is 32.3 Å². The van der Waals surface area contributed by atoms with E-state index in [9.17, 15) is 13.5 Å². The molecule has 0 bridgehead atoms. The minimum absolute atomic E-state index is 0.0844. The van der Waals surface area contributed by atoms with Crippen molar-refractivity contribution >= 4 is 10.0 Å². The first-order chi connectivity index (χ1) is 9.66. The van der Waals surface area contributed by atoms with Gasteiger partial charge in [0.05, 0.1) is 4.90 Å². The SMILES string of the molecule is C=C(CCNS(=O)(=O)c1ccc(C)cc1)CC(C)(C)CO. The van der Waals surface area contributed by atoms with Gasteiger partial charge < -0.3 is 5.11 Å². The molecule has 0 fully saturated rings. The molecule has 2 N–H and O–H groups in total. The molecule has 1 rings (SSSR count). The molecule has 0 radical (unpaired) electrons. The summed E-state index contributed by atoms with van der Waals surface area (Å²) in [7, 11) is -3.46. The molecule has 1 aromatic carbocycles. The quantitative estimate of drug-likeness (QED) is 0.725. The number of sulfonamides is 1. The van der Waals surface area contributed by atoms with E-state index in [0.29, 0.717) is 19.4 Å². The maximum atomic E-state index is 12.1. The first kappa shape index (κ1) is 17.9. The highest BCUT2D eigenvalue weighted by atomic mass is 32.2. The van der Waals surface area contributed by atoms with Crippen LogP contribution in [0.4, 0.5) is 0 Å². The lowest BCUT2D eigenvalue weighted by Crippen LogP contribution is -2.25. The Hall–Kier alpha value is -1.17. The molecule has 0 aliphatic heterocycles. The zero-order valence-electron chi connectivity index (χ0n) is 13.0. The van der Waals surface area contributed by atoms with Gasteiger partial charge in [-0.3, -0.25) is 0 Å². The zero-order valence-corrected chi connectivity index (χ0v) is 13.8. The number of hydrogen-bond donors (Lipinski definition) is 2. The first-order valence-electron chi connectivity index (χ1n) is 7.00. The predicted octanol–water partition coefficient (Wildman–Crippen LogP) is 2.63. The van der Waals surface area contributed by atoms with Crippen molar-refractivity contribution in [1.29, 1.82) is 0 Å². The molecule has 0 atom stereocenters. The highest BCUT2D eigenvalue weighted by Crippen LogP contribution is 2.24.